The quantitative estimate of drug-likeness (QED) is 0.599. The van der Waals surface area contributed by atoms with Gasteiger partial charge in [0.05, 0.1) is 0 Å². The molecule has 0 aliphatic heterocycles. The number of nitrogens with two attached hydrogens (primary N) is 1. The summed E-state index contributed by atoms with van der Waals surface area (Å²) in [6.07, 6.45) is -1.81. The number of amides is 2. The second-order valence-corrected chi connectivity index (χ2v) is 3.16. The molecule has 1 aromatic rings. The van der Waals surface area contributed by atoms with E-state index in [0.29, 0.717) is 5.69 Å². The summed E-state index contributed by atoms with van der Waals surface area (Å²) in [5, 5.41) is 11.4. The van der Waals surface area contributed by atoms with Crippen LogP contribution in [0.5, 0.6) is 0 Å². The second kappa shape index (κ2) is 4.56. The van der Waals surface area contributed by atoms with Gasteiger partial charge in [-0.2, -0.15) is 0 Å². The summed E-state index contributed by atoms with van der Waals surface area (Å²) in [6, 6.07) is 6.93. The van der Waals surface area contributed by atoms with Crippen molar-refractivity contribution in [2.24, 2.45) is 5.73 Å². The summed E-state index contributed by atoms with van der Waals surface area (Å²) in [5.41, 5.74) is 6.32. The van der Waals surface area contributed by atoms with Gasteiger partial charge in [-0.05, 0) is 19.1 Å². The molecule has 80 valence electrons. The van der Waals surface area contributed by atoms with Crippen molar-refractivity contribution >= 4 is 17.5 Å². The molecule has 0 bridgehead atoms. The average Bonchev–Trinajstić information content (AvgIpc) is 2.20. The number of primary amides is 1. The molecule has 1 atom stereocenters. The van der Waals surface area contributed by atoms with E-state index in [1.807, 2.05) is 6.92 Å². The molecule has 0 fully saturated rings. The van der Waals surface area contributed by atoms with E-state index in [1.165, 1.54) is 0 Å². The van der Waals surface area contributed by atoms with Gasteiger partial charge in [-0.15, -0.1) is 0 Å². The number of aliphatic hydroxyl groups excluding tert-OH is 1. The zero-order valence-corrected chi connectivity index (χ0v) is 8.23. The maximum absolute atomic E-state index is 11.2. The lowest BCUT2D eigenvalue weighted by molar-refractivity contribution is -0.136. The van der Waals surface area contributed by atoms with Gasteiger partial charge in [-0.3, -0.25) is 9.59 Å². The highest BCUT2D eigenvalue weighted by molar-refractivity contribution is 6.08. The van der Waals surface area contributed by atoms with Crippen molar-refractivity contribution in [3.05, 3.63) is 29.8 Å². The van der Waals surface area contributed by atoms with Crippen molar-refractivity contribution in [1.82, 2.24) is 0 Å². The molecule has 5 nitrogen and oxygen atoms in total. The number of hydrogen-bond acceptors (Lipinski definition) is 3. The van der Waals surface area contributed by atoms with Crippen molar-refractivity contribution in [1.29, 1.82) is 0 Å². The van der Waals surface area contributed by atoms with Crippen molar-refractivity contribution < 1.29 is 14.7 Å². The Balaban J connectivity index is 2.66. The maximum Gasteiger partial charge on any atom is 0.263 e. The van der Waals surface area contributed by atoms with Crippen LogP contribution in [0.1, 0.15) is 5.56 Å². The van der Waals surface area contributed by atoms with Crippen LogP contribution in [0.2, 0.25) is 0 Å². The van der Waals surface area contributed by atoms with Crippen LogP contribution in [-0.2, 0) is 9.59 Å². The maximum atomic E-state index is 11.2. The summed E-state index contributed by atoms with van der Waals surface area (Å²) < 4.78 is 0. The van der Waals surface area contributed by atoms with Crippen LogP contribution in [0.15, 0.2) is 24.3 Å². The molecule has 0 radical (unpaired) electrons. The predicted molar refractivity (Wildman–Crippen MR) is 55.0 cm³/mol. The molecule has 0 heterocycles. The van der Waals surface area contributed by atoms with Crippen LogP contribution in [0.4, 0.5) is 5.69 Å². The highest BCUT2D eigenvalue weighted by atomic mass is 16.3. The first-order valence-corrected chi connectivity index (χ1v) is 4.35. The minimum atomic E-state index is -1.81. The molecule has 5 heteroatoms. The Kier molecular flexibility index (Phi) is 3.41. The molecule has 0 saturated carbocycles. The minimum absolute atomic E-state index is 0.505. The summed E-state index contributed by atoms with van der Waals surface area (Å²) in [6.45, 7) is 1.91. The van der Waals surface area contributed by atoms with Crippen molar-refractivity contribution in [2.75, 3.05) is 5.32 Å². The Bertz CT molecular complexity index is 373. The number of benzene rings is 1. The number of anilines is 1. The molecule has 2 amide bonds. The number of rotatable bonds is 3. The minimum Gasteiger partial charge on any atom is -0.375 e. The molecule has 15 heavy (non-hydrogen) atoms. The van der Waals surface area contributed by atoms with E-state index in [9.17, 15) is 9.59 Å². The Morgan fingerprint density at radius 1 is 1.33 bits per heavy atom. The fourth-order valence-electron chi connectivity index (χ4n) is 0.977. The van der Waals surface area contributed by atoms with Gasteiger partial charge in [0.2, 0.25) is 6.10 Å². The van der Waals surface area contributed by atoms with Crippen LogP contribution in [0.3, 0.4) is 0 Å². The van der Waals surface area contributed by atoms with Gasteiger partial charge in [0, 0.05) is 5.69 Å². The lowest BCUT2D eigenvalue weighted by Crippen LogP contribution is -2.39. The van der Waals surface area contributed by atoms with Gasteiger partial charge in [0.15, 0.2) is 0 Å². The summed E-state index contributed by atoms with van der Waals surface area (Å²) in [4.78, 5) is 21.7. The van der Waals surface area contributed by atoms with E-state index in [0.717, 1.165) is 5.56 Å². The molecular weight excluding hydrogens is 196 g/mol. The van der Waals surface area contributed by atoms with Gasteiger partial charge in [-0.1, -0.05) is 17.7 Å². The SMILES string of the molecule is Cc1ccc(NC(=O)C(O)C(N)=O)cc1. The van der Waals surface area contributed by atoms with E-state index < -0.39 is 17.9 Å². The Hall–Kier alpha value is -1.88. The third-order valence-electron chi connectivity index (χ3n) is 1.84. The zero-order valence-electron chi connectivity index (χ0n) is 8.23. The van der Waals surface area contributed by atoms with E-state index in [4.69, 9.17) is 10.8 Å². The number of nitrogens with one attached hydrogen (secondary N) is 1. The van der Waals surface area contributed by atoms with E-state index >= 15 is 0 Å². The van der Waals surface area contributed by atoms with Crippen LogP contribution in [0.25, 0.3) is 0 Å². The van der Waals surface area contributed by atoms with Crippen molar-refractivity contribution in [3.63, 3.8) is 0 Å². The topological polar surface area (TPSA) is 92.4 Å². The van der Waals surface area contributed by atoms with Gasteiger partial charge < -0.3 is 16.2 Å². The number of carbonyl (C=O) groups is 2. The number of carbonyl (C=O) groups excluding carboxylic acids is 2. The molecule has 1 rings (SSSR count). The molecular formula is C10H12N2O3. The summed E-state index contributed by atoms with van der Waals surface area (Å²) >= 11 is 0. The van der Waals surface area contributed by atoms with E-state index in [1.54, 1.807) is 24.3 Å². The van der Waals surface area contributed by atoms with Crippen LogP contribution >= 0.6 is 0 Å². The van der Waals surface area contributed by atoms with Crippen molar-refractivity contribution in [2.45, 2.75) is 13.0 Å². The molecule has 0 aliphatic carbocycles. The molecule has 0 spiro atoms. The smallest absolute Gasteiger partial charge is 0.263 e. The van der Waals surface area contributed by atoms with Crippen LogP contribution in [0, 0.1) is 6.92 Å². The molecule has 1 aromatic carbocycles. The van der Waals surface area contributed by atoms with Crippen molar-refractivity contribution in [3.8, 4) is 0 Å². The molecule has 0 aliphatic rings. The van der Waals surface area contributed by atoms with Gasteiger partial charge in [-0.25, -0.2) is 0 Å². The summed E-state index contributed by atoms with van der Waals surface area (Å²) in [5.74, 6) is -1.90. The lowest BCUT2D eigenvalue weighted by atomic mass is 10.2. The fraction of sp³-hybridized carbons (Fsp3) is 0.200. The van der Waals surface area contributed by atoms with E-state index in [-0.39, 0.29) is 0 Å². The third kappa shape index (κ3) is 3.07. The highest BCUT2D eigenvalue weighted by Crippen LogP contribution is 2.08. The number of aliphatic hydroxyl groups is 1. The van der Waals surface area contributed by atoms with Gasteiger partial charge in [0.25, 0.3) is 11.8 Å². The van der Waals surface area contributed by atoms with Crippen LogP contribution in [-0.4, -0.2) is 23.0 Å². The van der Waals surface area contributed by atoms with Crippen LogP contribution < -0.4 is 11.1 Å². The normalized spacial score (nSPS) is 11.9. The average molecular weight is 208 g/mol. The predicted octanol–water partition coefficient (Wildman–Crippen LogP) is -0.220. The third-order valence-corrected chi connectivity index (χ3v) is 1.84. The van der Waals surface area contributed by atoms with E-state index in [2.05, 4.69) is 5.32 Å². The first-order valence-electron chi connectivity index (χ1n) is 4.35. The largest absolute Gasteiger partial charge is 0.375 e. The first-order chi connectivity index (χ1) is 7.00. The highest BCUT2D eigenvalue weighted by Gasteiger charge is 2.20. The van der Waals surface area contributed by atoms with Gasteiger partial charge in [0.1, 0.15) is 0 Å². The second-order valence-electron chi connectivity index (χ2n) is 3.16. The van der Waals surface area contributed by atoms with Gasteiger partial charge >= 0.3 is 0 Å². The molecule has 4 N–H and O–H groups in total. The monoisotopic (exact) mass is 208 g/mol. The lowest BCUT2D eigenvalue weighted by Gasteiger charge is -2.08. The molecule has 1 unspecified atom stereocenters. The summed E-state index contributed by atoms with van der Waals surface area (Å²) in [7, 11) is 0. The molecule has 0 aromatic heterocycles. The Morgan fingerprint density at radius 3 is 2.33 bits per heavy atom. The number of aryl methyl sites for hydroxylation is 1. The zero-order chi connectivity index (χ0) is 11.4. The number of hydrogen-bond donors (Lipinski definition) is 3. The first kappa shape index (κ1) is 11.2. The Labute approximate surface area is 86.9 Å². The Morgan fingerprint density at radius 2 is 1.87 bits per heavy atom. The standard InChI is InChI=1S/C10H12N2O3/c1-6-2-4-7(5-3-6)12-10(15)8(13)9(11)14/h2-5,8,13H,1H3,(H2,11,14)(H,12,15). The molecule has 0 saturated heterocycles. The fourth-order valence-corrected chi connectivity index (χ4v) is 0.977.